The van der Waals surface area contributed by atoms with E-state index in [1.54, 1.807) is 6.20 Å². The Morgan fingerprint density at radius 2 is 1.94 bits per heavy atom. The molecule has 3 aromatic heterocycles. The zero-order valence-electron chi connectivity index (χ0n) is 19.1. The number of aromatic nitrogens is 3. The van der Waals surface area contributed by atoms with E-state index in [0.29, 0.717) is 22.8 Å². The second-order valence-corrected chi connectivity index (χ2v) is 9.70. The molecule has 4 heterocycles. The maximum absolute atomic E-state index is 13.1. The summed E-state index contributed by atoms with van der Waals surface area (Å²) in [6, 6.07) is 19.5. The molecule has 1 fully saturated rings. The summed E-state index contributed by atoms with van der Waals surface area (Å²) in [4.78, 5) is 22.5. The Balaban J connectivity index is 1.35. The molecule has 7 nitrogen and oxygen atoms in total. The summed E-state index contributed by atoms with van der Waals surface area (Å²) in [5.41, 5.74) is 3.34. The predicted molar refractivity (Wildman–Crippen MR) is 140 cm³/mol. The van der Waals surface area contributed by atoms with Gasteiger partial charge in [-0.05, 0) is 67.9 Å². The first-order valence-electron chi connectivity index (χ1n) is 11.7. The van der Waals surface area contributed by atoms with Gasteiger partial charge in [-0.25, -0.2) is 4.98 Å². The minimum absolute atomic E-state index is 0.0722. The maximum Gasteiger partial charge on any atom is 0.263 e. The number of hydrogen-bond donors (Lipinski definition) is 3. The molecular formula is C27H25N5O2S. The number of nitrogens with one attached hydrogen (secondary N) is 3. The van der Waals surface area contributed by atoms with E-state index in [9.17, 15) is 4.79 Å². The van der Waals surface area contributed by atoms with Crippen LogP contribution in [0.25, 0.3) is 33.5 Å². The number of rotatable bonds is 6. The topological polar surface area (TPSA) is 84.0 Å². The van der Waals surface area contributed by atoms with Crippen molar-refractivity contribution in [3.63, 3.8) is 0 Å². The molecular weight excluding hydrogens is 458 g/mol. The van der Waals surface area contributed by atoms with Gasteiger partial charge in [-0.3, -0.25) is 9.36 Å². The molecule has 1 amide bonds. The molecule has 2 aromatic carbocycles. The minimum atomic E-state index is -0.0722. The number of amides is 1. The van der Waals surface area contributed by atoms with Crippen LogP contribution in [0.2, 0.25) is 0 Å². The molecule has 8 heteroatoms. The second kappa shape index (κ2) is 9.05. The van der Waals surface area contributed by atoms with Gasteiger partial charge in [0.25, 0.3) is 5.91 Å². The zero-order valence-corrected chi connectivity index (χ0v) is 19.9. The Bertz CT molecular complexity index is 1560. The van der Waals surface area contributed by atoms with E-state index >= 15 is 0 Å². The van der Waals surface area contributed by atoms with Crippen LogP contribution in [0.1, 0.15) is 16.1 Å². The number of pyridine rings is 1. The van der Waals surface area contributed by atoms with Crippen molar-refractivity contribution in [1.29, 1.82) is 0 Å². The van der Waals surface area contributed by atoms with E-state index in [1.165, 1.54) is 11.3 Å². The van der Waals surface area contributed by atoms with Crippen LogP contribution < -0.4 is 20.9 Å². The molecule has 1 atom stereocenters. The number of ether oxygens (including phenoxy) is 1. The highest BCUT2D eigenvalue weighted by molar-refractivity contribution is 7.21. The van der Waals surface area contributed by atoms with E-state index in [2.05, 4.69) is 27.2 Å². The number of aromatic amines is 1. The highest BCUT2D eigenvalue weighted by Crippen LogP contribution is 2.34. The third-order valence-corrected chi connectivity index (χ3v) is 7.44. The summed E-state index contributed by atoms with van der Waals surface area (Å²) in [7, 11) is 0. The van der Waals surface area contributed by atoms with Crippen molar-refractivity contribution < 1.29 is 9.53 Å². The molecule has 1 aliphatic heterocycles. The number of thiophene rings is 1. The van der Waals surface area contributed by atoms with Crippen LogP contribution >= 0.6 is 11.3 Å². The van der Waals surface area contributed by atoms with E-state index in [1.807, 2.05) is 65.2 Å². The fraction of sp³-hybridized carbons (Fsp3) is 0.185. The average molecular weight is 484 g/mol. The number of para-hydroxylation sites is 1. The molecule has 176 valence electrons. The van der Waals surface area contributed by atoms with E-state index < -0.39 is 0 Å². The second-order valence-electron chi connectivity index (χ2n) is 8.70. The van der Waals surface area contributed by atoms with E-state index in [-0.39, 0.29) is 5.91 Å². The van der Waals surface area contributed by atoms with Crippen molar-refractivity contribution in [3.05, 3.63) is 77.2 Å². The lowest BCUT2D eigenvalue weighted by atomic mass is 10.1. The van der Waals surface area contributed by atoms with E-state index in [4.69, 9.17) is 4.74 Å². The monoisotopic (exact) mass is 483 g/mol. The third-order valence-electron chi connectivity index (χ3n) is 6.34. The Kier molecular flexibility index (Phi) is 5.60. The van der Waals surface area contributed by atoms with Crippen LogP contribution in [-0.2, 0) is 0 Å². The van der Waals surface area contributed by atoms with Gasteiger partial charge in [0.1, 0.15) is 26.7 Å². The van der Waals surface area contributed by atoms with Crippen molar-refractivity contribution >= 4 is 45.1 Å². The zero-order chi connectivity index (χ0) is 23.8. The van der Waals surface area contributed by atoms with Gasteiger partial charge in [0, 0.05) is 18.4 Å². The number of H-pyrrole nitrogens is 1. The van der Waals surface area contributed by atoms with Crippen LogP contribution in [0.5, 0.6) is 11.5 Å². The Hall–Kier alpha value is -3.88. The first-order chi connectivity index (χ1) is 17.2. The van der Waals surface area contributed by atoms with Crippen molar-refractivity contribution in [2.75, 3.05) is 19.6 Å². The van der Waals surface area contributed by atoms with Crippen LogP contribution in [0, 0.1) is 5.92 Å². The lowest BCUT2D eigenvalue weighted by molar-refractivity contribution is 0.0953. The highest BCUT2D eigenvalue weighted by atomic mass is 32.1. The van der Waals surface area contributed by atoms with Gasteiger partial charge < -0.3 is 20.4 Å². The Morgan fingerprint density at radius 3 is 2.71 bits per heavy atom. The van der Waals surface area contributed by atoms with Gasteiger partial charge in [0.05, 0.1) is 16.4 Å². The molecule has 0 aliphatic carbocycles. The van der Waals surface area contributed by atoms with Crippen molar-refractivity contribution in [3.8, 4) is 17.2 Å². The number of carbonyl (C=O) groups is 1. The standard InChI is InChI=1S/C27H25N5O2S/c1-17-31-24-23-22(32(17)19-7-9-21(10-8-19)34-20-5-3-2-4-6-20)12-14-29-27(23)35-25(24)26(33)30-16-18-11-13-28-15-18/h2-10,12,14,18,28,31H,1,11,13,15-16H2,(H,30,33). The quantitative estimate of drug-likeness (QED) is 0.334. The normalized spacial score (nSPS) is 15.6. The van der Waals surface area contributed by atoms with Gasteiger partial charge in [0.15, 0.2) is 0 Å². The number of benzene rings is 2. The van der Waals surface area contributed by atoms with Crippen molar-refractivity contribution in [2.45, 2.75) is 6.42 Å². The van der Waals surface area contributed by atoms with Gasteiger partial charge in [0.2, 0.25) is 0 Å². The maximum atomic E-state index is 13.1. The SMILES string of the molecule is C=c1[nH]c2c(C(=O)NCC3CCNC3)sc3nccc(c32)n1-c1ccc(Oc2ccccc2)cc1. The number of hydrogen-bond acceptors (Lipinski definition) is 5. The molecule has 0 bridgehead atoms. The average Bonchev–Trinajstić information content (AvgIpc) is 3.53. The van der Waals surface area contributed by atoms with Crippen LogP contribution in [-0.4, -0.2) is 40.1 Å². The smallest absolute Gasteiger partial charge is 0.263 e. The molecule has 0 spiro atoms. The lowest BCUT2D eigenvalue weighted by Crippen LogP contribution is -2.30. The first-order valence-corrected chi connectivity index (χ1v) is 12.5. The summed E-state index contributed by atoms with van der Waals surface area (Å²) in [6.07, 6.45) is 2.87. The number of carbonyl (C=O) groups excluding carboxylic acids is 1. The molecule has 5 aromatic rings. The lowest BCUT2D eigenvalue weighted by Gasteiger charge is -2.14. The Labute approximate surface area is 206 Å². The molecule has 6 rings (SSSR count). The van der Waals surface area contributed by atoms with Gasteiger partial charge in [-0.2, -0.15) is 0 Å². The number of nitrogens with zero attached hydrogens (tertiary/aromatic N) is 2. The molecule has 0 saturated carbocycles. The van der Waals surface area contributed by atoms with Gasteiger partial charge in [-0.15, -0.1) is 11.3 Å². The summed E-state index contributed by atoms with van der Waals surface area (Å²) in [5.74, 6) is 1.95. The molecule has 35 heavy (non-hydrogen) atoms. The first kappa shape index (κ1) is 21.6. The van der Waals surface area contributed by atoms with Crippen molar-refractivity contribution in [1.82, 2.24) is 25.2 Å². The van der Waals surface area contributed by atoms with Crippen LogP contribution in [0.15, 0.2) is 66.9 Å². The fourth-order valence-electron chi connectivity index (χ4n) is 4.61. The summed E-state index contributed by atoms with van der Waals surface area (Å²) < 4.78 is 7.98. The van der Waals surface area contributed by atoms with Crippen LogP contribution in [0.4, 0.5) is 0 Å². The predicted octanol–water partition coefficient (Wildman–Crippen LogP) is 4.39. The largest absolute Gasteiger partial charge is 0.457 e. The molecule has 1 aliphatic rings. The molecule has 1 unspecified atom stereocenters. The fourth-order valence-corrected chi connectivity index (χ4v) is 5.64. The van der Waals surface area contributed by atoms with Gasteiger partial charge in [-0.1, -0.05) is 24.8 Å². The van der Waals surface area contributed by atoms with Crippen molar-refractivity contribution in [2.24, 2.45) is 5.92 Å². The van der Waals surface area contributed by atoms with Gasteiger partial charge >= 0.3 is 0 Å². The third kappa shape index (κ3) is 4.11. The summed E-state index contributed by atoms with van der Waals surface area (Å²) >= 11 is 1.41. The van der Waals surface area contributed by atoms with E-state index in [0.717, 1.165) is 57.9 Å². The molecule has 3 N–H and O–H groups in total. The van der Waals surface area contributed by atoms with Crippen LogP contribution in [0.3, 0.4) is 0 Å². The minimum Gasteiger partial charge on any atom is -0.457 e. The Morgan fingerprint density at radius 1 is 1.14 bits per heavy atom. The molecule has 0 radical (unpaired) electrons. The summed E-state index contributed by atoms with van der Waals surface area (Å²) in [6.45, 7) is 6.90. The molecule has 1 saturated heterocycles. The highest BCUT2D eigenvalue weighted by Gasteiger charge is 2.22. The summed E-state index contributed by atoms with van der Waals surface area (Å²) in [5, 5.41) is 7.39.